The van der Waals surface area contributed by atoms with Gasteiger partial charge in [0.15, 0.2) is 0 Å². The minimum atomic E-state index is -0.839. The molecule has 0 aromatic carbocycles. The van der Waals surface area contributed by atoms with Crippen molar-refractivity contribution in [2.24, 2.45) is 5.41 Å². The molecule has 1 unspecified atom stereocenters. The second-order valence-corrected chi connectivity index (χ2v) is 4.76. The van der Waals surface area contributed by atoms with Crippen LogP contribution in [0.4, 0.5) is 4.79 Å². The van der Waals surface area contributed by atoms with Gasteiger partial charge in [-0.1, -0.05) is 0 Å². The fraction of sp³-hybridized carbons (Fsp3) is 0.800. The first-order valence-corrected chi connectivity index (χ1v) is 5.38. The van der Waals surface area contributed by atoms with Gasteiger partial charge in [0, 0.05) is 20.0 Å². The van der Waals surface area contributed by atoms with E-state index in [0.29, 0.717) is 18.0 Å². The zero-order valence-corrected chi connectivity index (χ0v) is 9.47. The molecule has 6 heteroatoms. The Morgan fingerprint density at radius 3 is 2.75 bits per heavy atom. The lowest BCUT2D eigenvalue weighted by Gasteiger charge is -2.35. The van der Waals surface area contributed by atoms with E-state index in [1.807, 2.05) is 6.92 Å². The third-order valence-corrected chi connectivity index (χ3v) is 3.24. The molecular formula is C10H16N2O4. The third-order valence-electron chi connectivity index (χ3n) is 3.24. The fourth-order valence-electron chi connectivity index (χ4n) is 1.59. The summed E-state index contributed by atoms with van der Waals surface area (Å²) in [4.78, 5) is 24.4. The van der Waals surface area contributed by atoms with Crippen LogP contribution in [0.3, 0.4) is 0 Å². The standard InChI is InChI=1S/C10H16N2O4/c1-10(4-5-10)8(13)16-7-3-6-11(2)9(14)12(7)15/h7,15H,3-6H2,1-2H3. The molecule has 2 fully saturated rings. The first-order chi connectivity index (χ1) is 7.44. The van der Waals surface area contributed by atoms with E-state index in [2.05, 4.69) is 0 Å². The molecule has 0 bridgehead atoms. The number of urea groups is 1. The largest absolute Gasteiger partial charge is 0.439 e. The van der Waals surface area contributed by atoms with Crippen LogP contribution in [0.25, 0.3) is 0 Å². The van der Waals surface area contributed by atoms with Gasteiger partial charge in [0.2, 0.25) is 6.23 Å². The van der Waals surface area contributed by atoms with Crippen LogP contribution in [-0.2, 0) is 9.53 Å². The Bertz CT molecular complexity index is 327. The molecule has 6 nitrogen and oxygen atoms in total. The number of amides is 2. The third kappa shape index (κ3) is 1.84. The number of esters is 1. The summed E-state index contributed by atoms with van der Waals surface area (Å²) < 4.78 is 5.14. The summed E-state index contributed by atoms with van der Waals surface area (Å²) in [5, 5.41) is 10.0. The maximum Gasteiger partial charge on any atom is 0.346 e. The highest BCUT2D eigenvalue weighted by Crippen LogP contribution is 2.46. The van der Waals surface area contributed by atoms with Crippen LogP contribution >= 0.6 is 0 Å². The maximum absolute atomic E-state index is 11.6. The predicted molar refractivity (Wildman–Crippen MR) is 53.5 cm³/mol. The normalized spacial score (nSPS) is 27.9. The fourth-order valence-corrected chi connectivity index (χ4v) is 1.59. The molecule has 0 aromatic heterocycles. The molecule has 2 rings (SSSR count). The zero-order valence-electron chi connectivity index (χ0n) is 9.47. The van der Waals surface area contributed by atoms with Crippen LogP contribution in [-0.4, -0.2) is 47.0 Å². The van der Waals surface area contributed by atoms with Crippen molar-refractivity contribution in [2.45, 2.75) is 32.4 Å². The summed E-state index contributed by atoms with van der Waals surface area (Å²) in [6.45, 7) is 2.30. The molecule has 2 amide bonds. The average Bonchev–Trinajstić information content (AvgIpc) is 2.99. The topological polar surface area (TPSA) is 70.1 Å². The van der Waals surface area contributed by atoms with Crippen LogP contribution in [0.1, 0.15) is 26.2 Å². The van der Waals surface area contributed by atoms with Gasteiger partial charge < -0.3 is 9.64 Å². The molecule has 1 heterocycles. The first-order valence-electron chi connectivity index (χ1n) is 5.38. The van der Waals surface area contributed by atoms with Crippen LogP contribution in [0.2, 0.25) is 0 Å². The van der Waals surface area contributed by atoms with Crippen molar-refractivity contribution in [3.63, 3.8) is 0 Å². The second kappa shape index (κ2) is 3.62. The van der Waals surface area contributed by atoms with Crippen molar-refractivity contribution in [3.8, 4) is 0 Å². The number of hydroxylamine groups is 2. The molecule has 1 atom stereocenters. The minimum absolute atomic E-state index is 0.325. The summed E-state index contributed by atoms with van der Waals surface area (Å²) in [5.41, 5.74) is -0.396. The summed E-state index contributed by atoms with van der Waals surface area (Å²) in [6, 6.07) is -0.537. The van der Waals surface area contributed by atoms with Gasteiger partial charge in [-0.2, -0.15) is 5.06 Å². The SMILES string of the molecule is CN1CCC(OC(=O)C2(C)CC2)N(O)C1=O. The minimum Gasteiger partial charge on any atom is -0.439 e. The van der Waals surface area contributed by atoms with Crippen molar-refractivity contribution in [1.82, 2.24) is 9.96 Å². The highest BCUT2D eigenvalue weighted by Gasteiger charge is 2.48. The van der Waals surface area contributed by atoms with E-state index in [1.165, 1.54) is 4.90 Å². The quantitative estimate of drug-likeness (QED) is 0.560. The first kappa shape index (κ1) is 11.2. The molecule has 90 valence electrons. The van der Waals surface area contributed by atoms with Crippen molar-refractivity contribution >= 4 is 12.0 Å². The second-order valence-electron chi connectivity index (χ2n) is 4.76. The van der Waals surface area contributed by atoms with Crippen molar-refractivity contribution in [3.05, 3.63) is 0 Å². The summed E-state index contributed by atoms with van der Waals surface area (Å²) in [5.74, 6) is -0.325. The van der Waals surface area contributed by atoms with E-state index in [4.69, 9.17) is 4.74 Å². The molecule has 0 spiro atoms. The highest BCUT2D eigenvalue weighted by molar-refractivity contribution is 5.80. The Balaban J connectivity index is 1.95. The molecule has 1 aliphatic heterocycles. The van der Waals surface area contributed by atoms with E-state index in [0.717, 1.165) is 12.8 Å². The van der Waals surface area contributed by atoms with Crippen LogP contribution in [0.5, 0.6) is 0 Å². The lowest BCUT2D eigenvalue weighted by Crippen LogP contribution is -2.53. The van der Waals surface area contributed by atoms with E-state index in [1.54, 1.807) is 7.05 Å². The molecule has 1 saturated heterocycles. The number of carbonyl (C=O) groups is 2. The molecule has 16 heavy (non-hydrogen) atoms. The Labute approximate surface area is 93.7 Å². The van der Waals surface area contributed by atoms with Gasteiger partial charge >= 0.3 is 12.0 Å². The Hall–Kier alpha value is -1.30. The van der Waals surface area contributed by atoms with Crippen molar-refractivity contribution in [1.29, 1.82) is 0 Å². The van der Waals surface area contributed by atoms with Crippen LogP contribution in [0.15, 0.2) is 0 Å². The maximum atomic E-state index is 11.6. The van der Waals surface area contributed by atoms with Gasteiger partial charge in [-0.15, -0.1) is 0 Å². The number of rotatable bonds is 2. The number of nitrogens with zero attached hydrogens (tertiary/aromatic N) is 2. The molecule has 1 saturated carbocycles. The van der Waals surface area contributed by atoms with Crippen LogP contribution < -0.4 is 0 Å². The molecule has 0 radical (unpaired) electrons. The number of ether oxygens (including phenoxy) is 1. The van der Waals surface area contributed by atoms with E-state index in [9.17, 15) is 14.8 Å². The Kier molecular flexibility index (Phi) is 2.53. The number of hydrogen-bond acceptors (Lipinski definition) is 4. The predicted octanol–water partition coefficient (Wildman–Crippen LogP) is 0.802. The van der Waals surface area contributed by atoms with Gasteiger partial charge in [-0.25, -0.2) is 4.79 Å². The molecule has 0 aromatic rings. The number of hydrogen-bond donors (Lipinski definition) is 1. The van der Waals surface area contributed by atoms with E-state index >= 15 is 0 Å². The van der Waals surface area contributed by atoms with Gasteiger partial charge in [0.25, 0.3) is 0 Å². The van der Waals surface area contributed by atoms with Crippen molar-refractivity contribution in [2.75, 3.05) is 13.6 Å². The van der Waals surface area contributed by atoms with Gasteiger partial charge in [0.1, 0.15) is 0 Å². The summed E-state index contributed by atoms with van der Waals surface area (Å²) in [6.07, 6.45) is 1.23. The van der Waals surface area contributed by atoms with E-state index < -0.39 is 17.7 Å². The zero-order chi connectivity index (χ0) is 11.9. The monoisotopic (exact) mass is 228 g/mol. The molecular weight excluding hydrogens is 212 g/mol. The Morgan fingerprint density at radius 1 is 1.56 bits per heavy atom. The smallest absolute Gasteiger partial charge is 0.346 e. The van der Waals surface area contributed by atoms with Gasteiger partial charge in [-0.05, 0) is 19.8 Å². The van der Waals surface area contributed by atoms with Gasteiger partial charge in [0.05, 0.1) is 5.41 Å². The van der Waals surface area contributed by atoms with E-state index in [-0.39, 0.29) is 5.97 Å². The average molecular weight is 228 g/mol. The van der Waals surface area contributed by atoms with Crippen molar-refractivity contribution < 1.29 is 19.5 Å². The lowest BCUT2D eigenvalue weighted by molar-refractivity contribution is -0.208. The number of carbonyl (C=O) groups excluding carboxylic acids is 2. The molecule has 1 N–H and O–H groups in total. The Morgan fingerprint density at radius 2 is 2.19 bits per heavy atom. The summed E-state index contributed by atoms with van der Waals surface area (Å²) in [7, 11) is 1.59. The lowest BCUT2D eigenvalue weighted by atomic mass is 10.1. The molecule has 1 aliphatic carbocycles. The van der Waals surface area contributed by atoms with Gasteiger partial charge in [-0.3, -0.25) is 10.0 Å². The van der Waals surface area contributed by atoms with Crippen LogP contribution in [0, 0.1) is 5.41 Å². The molecule has 2 aliphatic rings. The highest BCUT2D eigenvalue weighted by atomic mass is 16.6. The summed E-state index contributed by atoms with van der Waals surface area (Å²) >= 11 is 0.